The monoisotopic (exact) mass is 287 g/mol. The molecule has 0 aliphatic heterocycles. The van der Waals surface area contributed by atoms with Crippen molar-refractivity contribution in [3.8, 4) is 0 Å². The number of carboxylic acid groups (broad SMARTS) is 1. The molecule has 1 aromatic heterocycles. The number of nitrogens with zero attached hydrogens (tertiary/aromatic N) is 3. The van der Waals surface area contributed by atoms with E-state index in [1.165, 1.54) is 11.8 Å². The van der Waals surface area contributed by atoms with Gasteiger partial charge in [-0.2, -0.15) is 0 Å². The van der Waals surface area contributed by atoms with Crippen molar-refractivity contribution in [3.63, 3.8) is 0 Å². The first-order valence-corrected chi connectivity index (χ1v) is 7.52. The molecule has 1 aromatic rings. The first-order chi connectivity index (χ1) is 9.19. The summed E-state index contributed by atoms with van der Waals surface area (Å²) in [6.07, 6.45) is 2.67. The summed E-state index contributed by atoms with van der Waals surface area (Å²) in [7, 11) is 0. The zero-order valence-corrected chi connectivity index (χ0v) is 12.3. The molecule has 0 aliphatic carbocycles. The molecule has 0 unspecified atom stereocenters. The third-order valence-corrected chi connectivity index (χ3v) is 3.34. The van der Waals surface area contributed by atoms with Gasteiger partial charge in [-0.1, -0.05) is 25.6 Å². The highest BCUT2D eigenvalue weighted by Gasteiger charge is 2.13. The Kier molecular flexibility index (Phi) is 7.50. The number of ether oxygens (including phenoxy) is 1. The molecule has 1 N–H and O–H groups in total. The maximum atomic E-state index is 10.6. The van der Waals surface area contributed by atoms with Gasteiger partial charge >= 0.3 is 5.97 Å². The molecule has 0 atom stereocenters. The molecule has 0 radical (unpaired) electrons. The molecular weight excluding hydrogens is 266 g/mol. The normalized spacial score (nSPS) is 10.8. The average Bonchev–Trinajstić information content (AvgIpc) is 2.75. The Morgan fingerprint density at radius 1 is 1.32 bits per heavy atom. The number of carboxylic acids is 1. The lowest BCUT2D eigenvalue weighted by atomic mass is 10.4. The van der Waals surface area contributed by atoms with E-state index in [1.54, 1.807) is 0 Å². The highest BCUT2D eigenvalue weighted by Crippen LogP contribution is 2.17. The highest BCUT2D eigenvalue weighted by molar-refractivity contribution is 7.99. The maximum absolute atomic E-state index is 10.6. The number of hydrogen-bond donors (Lipinski definition) is 1. The van der Waals surface area contributed by atoms with Gasteiger partial charge in [0.1, 0.15) is 5.82 Å². The van der Waals surface area contributed by atoms with E-state index in [2.05, 4.69) is 24.0 Å². The third-order valence-electron chi connectivity index (χ3n) is 2.38. The van der Waals surface area contributed by atoms with Crippen molar-refractivity contribution in [2.24, 2.45) is 0 Å². The molecule has 0 amide bonds. The predicted molar refractivity (Wildman–Crippen MR) is 73.5 cm³/mol. The molecule has 0 bridgehead atoms. The molecule has 0 fully saturated rings. The fourth-order valence-corrected chi connectivity index (χ4v) is 2.30. The van der Waals surface area contributed by atoms with Gasteiger partial charge in [-0.25, -0.2) is 0 Å². The van der Waals surface area contributed by atoms with E-state index < -0.39 is 5.97 Å². The molecular formula is C12H21N3O3S. The van der Waals surface area contributed by atoms with Gasteiger partial charge in [0, 0.05) is 19.6 Å². The second-order valence-electron chi connectivity index (χ2n) is 4.10. The largest absolute Gasteiger partial charge is 0.481 e. The van der Waals surface area contributed by atoms with Crippen LogP contribution in [0.15, 0.2) is 5.16 Å². The van der Waals surface area contributed by atoms with Crippen molar-refractivity contribution in [2.75, 3.05) is 19.0 Å². The summed E-state index contributed by atoms with van der Waals surface area (Å²) in [4.78, 5) is 10.6. The Labute approximate surface area is 117 Å². The zero-order chi connectivity index (χ0) is 14.1. The van der Waals surface area contributed by atoms with Crippen molar-refractivity contribution in [2.45, 2.75) is 44.8 Å². The summed E-state index contributed by atoms with van der Waals surface area (Å²) >= 11 is 1.21. The lowest BCUT2D eigenvalue weighted by Crippen LogP contribution is -2.09. The summed E-state index contributed by atoms with van der Waals surface area (Å²) in [6.45, 7) is 6.32. The lowest BCUT2D eigenvalue weighted by Gasteiger charge is -2.08. The van der Waals surface area contributed by atoms with Crippen LogP contribution >= 0.6 is 11.8 Å². The summed E-state index contributed by atoms with van der Waals surface area (Å²) in [5, 5.41) is 17.6. The maximum Gasteiger partial charge on any atom is 0.313 e. The minimum absolute atomic E-state index is 0.00812. The summed E-state index contributed by atoms with van der Waals surface area (Å²) in [5.41, 5.74) is 0. The van der Waals surface area contributed by atoms with E-state index in [0.717, 1.165) is 31.8 Å². The van der Waals surface area contributed by atoms with Crippen LogP contribution in [0.1, 0.15) is 32.5 Å². The zero-order valence-electron chi connectivity index (χ0n) is 11.5. The van der Waals surface area contributed by atoms with Crippen molar-refractivity contribution in [3.05, 3.63) is 5.82 Å². The van der Waals surface area contributed by atoms with Crippen LogP contribution in [0, 0.1) is 0 Å². The highest BCUT2D eigenvalue weighted by atomic mass is 32.2. The smallest absolute Gasteiger partial charge is 0.313 e. The summed E-state index contributed by atoms with van der Waals surface area (Å²) in [5.74, 6) is 0.0310. The Bertz CT molecular complexity index is 396. The lowest BCUT2D eigenvalue weighted by molar-refractivity contribution is -0.133. The van der Waals surface area contributed by atoms with Crippen LogP contribution in [-0.4, -0.2) is 44.8 Å². The Hall–Kier alpha value is -1.08. The molecule has 19 heavy (non-hydrogen) atoms. The average molecular weight is 287 g/mol. The van der Waals surface area contributed by atoms with Crippen molar-refractivity contribution < 1.29 is 14.6 Å². The van der Waals surface area contributed by atoms with Gasteiger partial charge in [0.2, 0.25) is 0 Å². The molecule has 0 aromatic carbocycles. The minimum Gasteiger partial charge on any atom is -0.481 e. The molecule has 0 spiro atoms. The van der Waals surface area contributed by atoms with E-state index in [9.17, 15) is 4.79 Å². The van der Waals surface area contributed by atoms with Crippen molar-refractivity contribution >= 4 is 17.7 Å². The number of hydrogen-bond acceptors (Lipinski definition) is 5. The van der Waals surface area contributed by atoms with Gasteiger partial charge in [-0.05, 0) is 12.8 Å². The van der Waals surface area contributed by atoms with Gasteiger partial charge in [0.15, 0.2) is 5.16 Å². The number of rotatable bonds is 10. The summed E-state index contributed by atoms with van der Waals surface area (Å²) in [6, 6.07) is 0. The Balaban J connectivity index is 2.61. The van der Waals surface area contributed by atoms with Crippen LogP contribution in [0.5, 0.6) is 0 Å². The third kappa shape index (κ3) is 5.61. The Morgan fingerprint density at radius 2 is 2.11 bits per heavy atom. The second kappa shape index (κ2) is 8.92. The van der Waals surface area contributed by atoms with Gasteiger partial charge in [-0.3, -0.25) is 4.79 Å². The van der Waals surface area contributed by atoms with Crippen LogP contribution in [0.4, 0.5) is 0 Å². The van der Waals surface area contributed by atoms with Gasteiger partial charge in [0.05, 0.1) is 12.4 Å². The standard InChI is InChI=1S/C12H21N3O3S/c1-3-6-15-10(5-8-18-7-4-2)13-14-12(15)19-9-11(16)17/h3-9H2,1-2H3,(H,16,17). The molecule has 1 rings (SSSR count). The van der Waals surface area contributed by atoms with Gasteiger partial charge < -0.3 is 14.4 Å². The van der Waals surface area contributed by atoms with E-state index in [-0.39, 0.29) is 5.75 Å². The topological polar surface area (TPSA) is 77.2 Å². The van der Waals surface area contributed by atoms with Crippen LogP contribution in [0.2, 0.25) is 0 Å². The second-order valence-corrected chi connectivity index (χ2v) is 5.04. The SMILES string of the molecule is CCCOCCc1nnc(SCC(=O)O)n1CCC. The molecule has 0 saturated carbocycles. The number of thioether (sulfide) groups is 1. The minimum atomic E-state index is -0.844. The molecule has 0 aliphatic rings. The van der Waals surface area contributed by atoms with Gasteiger partial charge in [0.25, 0.3) is 0 Å². The fraction of sp³-hybridized carbons (Fsp3) is 0.750. The van der Waals surface area contributed by atoms with Crippen LogP contribution in [0.25, 0.3) is 0 Å². The van der Waals surface area contributed by atoms with E-state index in [1.807, 2.05) is 4.57 Å². The van der Waals surface area contributed by atoms with Crippen LogP contribution in [0.3, 0.4) is 0 Å². The van der Waals surface area contributed by atoms with Crippen LogP contribution in [-0.2, 0) is 22.5 Å². The first-order valence-electron chi connectivity index (χ1n) is 6.53. The first kappa shape index (κ1) is 16.0. The van der Waals surface area contributed by atoms with E-state index >= 15 is 0 Å². The molecule has 7 heteroatoms. The van der Waals surface area contributed by atoms with E-state index in [4.69, 9.17) is 9.84 Å². The number of carbonyl (C=O) groups is 1. The van der Waals surface area contributed by atoms with Crippen molar-refractivity contribution in [1.82, 2.24) is 14.8 Å². The quantitative estimate of drug-likeness (QED) is 0.522. The number of aromatic nitrogens is 3. The molecule has 6 nitrogen and oxygen atoms in total. The number of aliphatic carboxylic acids is 1. The molecule has 1 heterocycles. The van der Waals surface area contributed by atoms with Gasteiger partial charge in [-0.15, -0.1) is 10.2 Å². The summed E-state index contributed by atoms with van der Waals surface area (Å²) < 4.78 is 7.43. The van der Waals surface area contributed by atoms with E-state index in [0.29, 0.717) is 18.2 Å². The predicted octanol–water partition coefficient (Wildman–Crippen LogP) is 1.83. The van der Waals surface area contributed by atoms with Crippen LogP contribution < -0.4 is 0 Å². The molecule has 0 saturated heterocycles. The molecule has 108 valence electrons. The fourth-order valence-electron chi connectivity index (χ4n) is 1.60. The van der Waals surface area contributed by atoms with Crippen molar-refractivity contribution in [1.29, 1.82) is 0 Å². The Morgan fingerprint density at radius 3 is 2.74 bits per heavy atom.